The van der Waals surface area contributed by atoms with E-state index >= 15 is 0 Å². The van der Waals surface area contributed by atoms with Crippen molar-refractivity contribution in [1.29, 1.82) is 0 Å². The van der Waals surface area contributed by atoms with Crippen molar-refractivity contribution in [1.82, 2.24) is 0 Å². The molecule has 1 aliphatic carbocycles. The van der Waals surface area contributed by atoms with Crippen molar-refractivity contribution in [2.45, 2.75) is 58.2 Å². The van der Waals surface area contributed by atoms with Gasteiger partial charge >= 0.3 is 5.97 Å². The fraction of sp³-hybridized carbons (Fsp3) is 0.909. The van der Waals surface area contributed by atoms with E-state index in [1.54, 1.807) is 0 Å². The van der Waals surface area contributed by atoms with E-state index in [9.17, 15) is 4.79 Å². The molecule has 14 heavy (non-hydrogen) atoms. The molecule has 2 atom stereocenters. The van der Waals surface area contributed by atoms with E-state index < -0.39 is 5.97 Å². The molecule has 0 amide bonds. The molecular formula is C11H20O3. The molecule has 0 saturated heterocycles. The van der Waals surface area contributed by atoms with Crippen LogP contribution in [-0.4, -0.2) is 22.8 Å². The standard InChI is InChI=1S/C11H20O3/c1-11(2,3)14-9-7-5-4-6-8(9)10(12)13/h8-9H,4-7H2,1-3H3,(H,12,13). The topological polar surface area (TPSA) is 46.5 Å². The Morgan fingerprint density at radius 1 is 1.29 bits per heavy atom. The molecule has 0 heterocycles. The summed E-state index contributed by atoms with van der Waals surface area (Å²) in [5.74, 6) is -1.01. The minimum Gasteiger partial charge on any atom is -0.481 e. The molecule has 0 aromatic rings. The summed E-state index contributed by atoms with van der Waals surface area (Å²) in [6.07, 6.45) is 3.65. The van der Waals surface area contributed by atoms with Crippen molar-refractivity contribution in [3.8, 4) is 0 Å². The van der Waals surface area contributed by atoms with Crippen molar-refractivity contribution in [3.63, 3.8) is 0 Å². The largest absolute Gasteiger partial charge is 0.481 e. The number of carboxylic acids is 1. The third kappa shape index (κ3) is 3.29. The summed E-state index contributed by atoms with van der Waals surface area (Å²) in [5.41, 5.74) is -0.240. The number of aliphatic carboxylic acids is 1. The smallest absolute Gasteiger partial charge is 0.309 e. The van der Waals surface area contributed by atoms with Crippen LogP contribution < -0.4 is 0 Å². The molecule has 0 aromatic heterocycles. The average Bonchev–Trinajstić information content (AvgIpc) is 2.01. The molecule has 1 saturated carbocycles. The average molecular weight is 200 g/mol. The Kier molecular flexibility index (Phi) is 3.53. The van der Waals surface area contributed by atoms with E-state index in [-0.39, 0.29) is 17.6 Å². The molecule has 1 fully saturated rings. The predicted octanol–water partition coefficient (Wildman–Crippen LogP) is 2.44. The lowest BCUT2D eigenvalue weighted by Crippen LogP contribution is -2.38. The van der Waals surface area contributed by atoms with Crippen LogP contribution in [-0.2, 0) is 9.53 Å². The van der Waals surface area contributed by atoms with E-state index in [1.807, 2.05) is 20.8 Å². The van der Waals surface area contributed by atoms with Crippen LogP contribution in [0.25, 0.3) is 0 Å². The van der Waals surface area contributed by atoms with Crippen LogP contribution in [0.1, 0.15) is 46.5 Å². The predicted molar refractivity (Wildman–Crippen MR) is 54.2 cm³/mol. The van der Waals surface area contributed by atoms with E-state index in [2.05, 4.69) is 0 Å². The molecule has 3 nitrogen and oxygen atoms in total. The summed E-state index contributed by atoms with van der Waals surface area (Å²) in [5, 5.41) is 9.03. The van der Waals surface area contributed by atoms with Crippen LogP contribution in [0, 0.1) is 5.92 Å². The lowest BCUT2D eigenvalue weighted by Gasteiger charge is -2.34. The highest BCUT2D eigenvalue weighted by Crippen LogP contribution is 2.30. The first-order valence-corrected chi connectivity index (χ1v) is 5.31. The van der Waals surface area contributed by atoms with Crippen LogP contribution in [0.5, 0.6) is 0 Å². The third-order valence-corrected chi connectivity index (χ3v) is 2.52. The quantitative estimate of drug-likeness (QED) is 0.744. The van der Waals surface area contributed by atoms with Crippen molar-refractivity contribution in [2.75, 3.05) is 0 Å². The molecule has 0 spiro atoms. The number of hydrogen-bond donors (Lipinski definition) is 1. The van der Waals surface area contributed by atoms with Gasteiger partial charge < -0.3 is 9.84 Å². The highest BCUT2D eigenvalue weighted by atomic mass is 16.5. The van der Waals surface area contributed by atoms with Gasteiger partial charge in [-0.25, -0.2) is 0 Å². The normalized spacial score (nSPS) is 28.8. The van der Waals surface area contributed by atoms with Gasteiger partial charge in [0, 0.05) is 0 Å². The third-order valence-electron chi connectivity index (χ3n) is 2.52. The Hall–Kier alpha value is -0.570. The summed E-state index contributed by atoms with van der Waals surface area (Å²) >= 11 is 0. The second-order valence-electron chi connectivity index (χ2n) is 5.00. The number of hydrogen-bond acceptors (Lipinski definition) is 2. The molecular weight excluding hydrogens is 180 g/mol. The molecule has 2 unspecified atom stereocenters. The minimum atomic E-state index is -0.709. The van der Waals surface area contributed by atoms with Crippen molar-refractivity contribution in [2.24, 2.45) is 5.92 Å². The maximum absolute atomic E-state index is 11.0. The van der Waals surface area contributed by atoms with E-state index in [0.717, 1.165) is 25.7 Å². The second-order valence-corrected chi connectivity index (χ2v) is 5.00. The fourth-order valence-corrected chi connectivity index (χ4v) is 1.97. The summed E-state index contributed by atoms with van der Waals surface area (Å²) in [6.45, 7) is 5.92. The molecule has 0 radical (unpaired) electrons. The van der Waals surface area contributed by atoms with Crippen LogP contribution in [0.2, 0.25) is 0 Å². The van der Waals surface area contributed by atoms with E-state index in [0.29, 0.717) is 0 Å². The number of carbonyl (C=O) groups is 1. The molecule has 0 aliphatic heterocycles. The van der Waals surface area contributed by atoms with Gasteiger partial charge in [0.1, 0.15) is 0 Å². The van der Waals surface area contributed by atoms with Crippen LogP contribution in [0.3, 0.4) is 0 Å². The summed E-state index contributed by atoms with van der Waals surface area (Å²) in [4.78, 5) is 11.0. The van der Waals surface area contributed by atoms with Gasteiger partial charge in [0.2, 0.25) is 0 Å². The maximum Gasteiger partial charge on any atom is 0.309 e. The Bertz CT molecular complexity index is 205. The Labute approximate surface area is 85.5 Å². The highest BCUT2D eigenvalue weighted by molar-refractivity contribution is 5.70. The summed E-state index contributed by atoms with van der Waals surface area (Å²) in [6, 6.07) is 0. The molecule has 1 N–H and O–H groups in total. The van der Waals surface area contributed by atoms with Crippen LogP contribution >= 0.6 is 0 Å². The first-order valence-electron chi connectivity index (χ1n) is 5.31. The molecule has 3 heteroatoms. The molecule has 1 rings (SSSR count). The molecule has 1 aliphatic rings. The fourth-order valence-electron chi connectivity index (χ4n) is 1.97. The highest BCUT2D eigenvalue weighted by Gasteiger charge is 2.33. The van der Waals surface area contributed by atoms with Crippen LogP contribution in [0.4, 0.5) is 0 Å². The zero-order valence-corrected chi connectivity index (χ0v) is 9.25. The lowest BCUT2D eigenvalue weighted by atomic mass is 9.86. The zero-order valence-electron chi connectivity index (χ0n) is 9.25. The second kappa shape index (κ2) is 4.30. The lowest BCUT2D eigenvalue weighted by molar-refractivity contribution is -0.157. The van der Waals surface area contributed by atoms with Gasteiger partial charge in [-0.1, -0.05) is 12.8 Å². The van der Waals surface area contributed by atoms with Gasteiger partial charge in [0.25, 0.3) is 0 Å². The van der Waals surface area contributed by atoms with Gasteiger partial charge in [0.15, 0.2) is 0 Å². The number of ether oxygens (including phenoxy) is 1. The van der Waals surface area contributed by atoms with E-state index in [4.69, 9.17) is 9.84 Å². The minimum absolute atomic E-state index is 0.0961. The van der Waals surface area contributed by atoms with Crippen molar-refractivity contribution in [3.05, 3.63) is 0 Å². The Balaban J connectivity index is 2.59. The van der Waals surface area contributed by atoms with Crippen molar-refractivity contribution >= 4 is 5.97 Å². The maximum atomic E-state index is 11.0. The van der Waals surface area contributed by atoms with Gasteiger partial charge in [-0.3, -0.25) is 4.79 Å². The Morgan fingerprint density at radius 3 is 2.36 bits per heavy atom. The first kappa shape index (κ1) is 11.5. The number of rotatable bonds is 2. The van der Waals surface area contributed by atoms with Gasteiger partial charge in [-0.2, -0.15) is 0 Å². The molecule has 82 valence electrons. The van der Waals surface area contributed by atoms with Gasteiger partial charge in [-0.15, -0.1) is 0 Å². The van der Waals surface area contributed by atoms with Gasteiger partial charge in [-0.05, 0) is 33.6 Å². The van der Waals surface area contributed by atoms with Crippen LogP contribution in [0.15, 0.2) is 0 Å². The monoisotopic (exact) mass is 200 g/mol. The zero-order chi connectivity index (χ0) is 10.8. The number of carboxylic acid groups (broad SMARTS) is 1. The molecule has 0 aromatic carbocycles. The SMILES string of the molecule is CC(C)(C)OC1CCCCC1C(=O)O. The van der Waals surface area contributed by atoms with Gasteiger partial charge in [0.05, 0.1) is 17.6 Å². The Morgan fingerprint density at radius 2 is 1.86 bits per heavy atom. The summed E-state index contributed by atoms with van der Waals surface area (Å²) in [7, 11) is 0. The summed E-state index contributed by atoms with van der Waals surface area (Å²) < 4.78 is 5.77. The molecule has 0 bridgehead atoms. The van der Waals surface area contributed by atoms with Crippen molar-refractivity contribution < 1.29 is 14.6 Å². The van der Waals surface area contributed by atoms with E-state index in [1.165, 1.54) is 0 Å². The first-order chi connectivity index (χ1) is 6.40.